The summed E-state index contributed by atoms with van der Waals surface area (Å²) in [6.45, 7) is 7.08. The molecule has 1 N–H and O–H groups in total. The fraction of sp³-hybridized carbons (Fsp3) is 0.929. The van der Waals surface area contributed by atoms with Crippen LogP contribution in [-0.2, 0) is 14.3 Å². The lowest BCUT2D eigenvalue weighted by molar-refractivity contribution is -0.148. The van der Waals surface area contributed by atoms with Crippen molar-refractivity contribution in [2.24, 2.45) is 11.8 Å². The Morgan fingerprint density at radius 1 is 1.39 bits per heavy atom. The molecule has 0 aliphatic heterocycles. The predicted molar refractivity (Wildman–Crippen MR) is 71.4 cm³/mol. The summed E-state index contributed by atoms with van der Waals surface area (Å²) in [4.78, 5) is 11.0. The lowest BCUT2D eigenvalue weighted by Gasteiger charge is -2.26. The number of hydrogen-bond acceptors (Lipinski definition) is 4. The molecule has 1 aliphatic rings. The van der Waals surface area contributed by atoms with Crippen LogP contribution in [0.2, 0.25) is 0 Å². The lowest BCUT2D eigenvalue weighted by Crippen LogP contribution is -2.29. The molecule has 4 heteroatoms. The molecule has 0 bridgehead atoms. The van der Waals surface area contributed by atoms with E-state index in [0.29, 0.717) is 13.2 Å². The summed E-state index contributed by atoms with van der Waals surface area (Å²) in [5, 5.41) is 3.40. The second kappa shape index (κ2) is 9.34. The third-order valence-corrected chi connectivity index (χ3v) is 3.43. The highest BCUT2D eigenvalue weighted by Gasteiger charge is 2.17. The van der Waals surface area contributed by atoms with Gasteiger partial charge in [-0.2, -0.15) is 0 Å². The third-order valence-electron chi connectivity index (χ3n) is 3.43. The van der Waals surface area contributed by atoms with Crippen molar-refractivity contribution in [1.29, 1.82) is 0 Å². The van der Waals surface area contributed by atoms with Gasteiger partial charge in [0.15, 0.2) is 0 Å². The van der Waals surface area contributed by atoms with Gasteiger partial charge in [-0.25, -0.2) is 4.79 Å². The van der Waals surface area contributed by atoms with E-state index in [4.69, 9.17) is 9.47 Å². The minimum atomic E-state index is -0.279. The molecule has 0 heterocycles. The second-order valence-corrected chi connectivity index (χ2v) is 5.20. The highest BCUT2D eigenvalue weighted by Crippen LogP contribution is 2.27. The second-order valence-electron chi connectivity index (χ2n) is 5.20. The summed E-state index contributed by atoms with van der Waals surface area (Å²) in [5.74, 6) is 1.42. The van der Waals surface area contributed by atoms with Gasteiger partial charge < -0.3 is 14.8 Å². The molecule has 0 amide bonds. The number of carbonyl (C=O) groups excluding carboxylic acids is 1. The Balaban J connectivity index is 1.90. The average Bonchev–Trinajstić information content (AvgIpc) is 2.34. The van der Waals surface area contributed by atoms with E-state index < -0.39 is 0 Å². The van der Waals surface area contributed by atoms with Crippen molar-refractivity contribution in [3.05, 3.63) is 0 Å². The Morgan fingerprint density at radius 3 is 2.94 bits per heavy atom. The van der Waals surface area contributed by atoms with E-state index in [2.05, 4.69) is 12.2 Å². The average molecular weight is 257 g/mol. The summed E-state index contributed by atoms with van der Waals surface area (Å²) in [5.41, 5.74) is 0. The summed E-state index contributed by atoms with van der Waals surface area (Å²) in [6, 6.07) is 0. The Bertz CT molecular complexity index is 233. The van der Waals surface area contributed by atoms with Crippen LogP contribution in [0.5, 0.6) is 0 Å². The van der Waals surface area contributed by atoms with Gasteiger partial charge in [0.25, 0.3) is 0 Å². The van der Waals surface area contributed by atoms with Crippen molar-refractivity contribution >= 4 is 5.97 Å². The highest BCUT2D eigenvalue weighted by atomic mass is 16.6. The summed E-state index contributed by atoms with van der Waals surface area (Å²) >= 11 is 0. The summed E-state index contributed by atoms with van der Waals surface area (Å²) < 4.78 is 9.99. The first-order valence-electron chi connectivity index (χ1n) is 7.16. The molecule has 4 nitrogen and oxygen atoms in total. The molecular weight excluding hydrogens is 230 g/mol. The smallest absolute Gasteiger partial charge is 0.332 e. The fourth-order valence-corrected chi connectivity index (χ4v) is 2.55. The molecular formula is C14H27NO3. The largest absolute Gasteiger partial charge is 0.464 e. The van der Waals surface area contributed by atoms with Crippen LogP contribution in [0.3, 0.4) is 0 Å². The van der Waals surface area contributed by atoms with E-state index in [9.17, 15) is 4.79 Å². The highest BCUT2D eigenvalue weighted by molar-refractivity contribution is 5.70. The molecule has 0 saturated heterocycles. The fourth-order valence-electron chi connectivity index (χ4n) is 2.55. The standard InChI is InChI=1S/C14H27NO3/c1-3-18-14(16)11-17-8-7-15-10-13-6-4-5-12(2)9-13/h12-13,15H,3-11H2,1-2H3. The van der Waals surface area contributed by atoms with E-state index in [1.165, 1.54) is 25.7 Å². The summed E-state index contributed by atoms with van der Waals surface area (Å²) in [6.07, 6.45) is 5.45. The van der Waals surface area contributed by atoms with E-state index >= 15 is 0 Å². The van der Waals surface area contributed by atoms with Gasteiger partial charge in [-0.1, -0.05) is 19.8 Å². The molecule has 0 aromatic carbocycles. The van der Waals surface area contributed by atoms with Crippen LogP contribution in [-0.4, -0.2) is 38.9 Å². The molecule has 106 valence electrons. The van der Waals surface area contributed by atoms with Crippen molar-refractivity contribution in [3.63, 3.8) is 0 Å². The first kappa shape index (κ1) is 15.4. The lowest BCUT2D eigenvalue weighted by atomic mass is 9.82. The van der Waals surface area contributed by atoms with Crippen molar-refractivity contribution in [2.45, 2.75) is 39.5 Å². The molecule has 2 unspecified atom stereocenters. The van der Waals surface area contributed by atoms with Crippen LogP contribution in [0.25, 0.3) is 0 Å². The molecule has 0 aromatic rings. The quantitative estimate of drug-likeness (QED) is 0.533. The van der Waals surface area contributed by atoms with E-state index in [1.807, 2.05) is 0 Å². The molecule has 2 atom stereocenters. The van der Waals surface area contributed by atoms with E-state index in [0.717, 1.165) is 24.9 Å². The third kappa shape index (κ3) is 6.97. The Hall–Kier alpha value is -0.610. The topological polar surface area (TPSA) is 47.6 Å². The zero-order chi connectivity index (χ0) is 13.2. The number of hydrogen-bond donors (Lipinski definition) is 1. The van der Waals surface area contributed by atoms with E-state index in [-0.39, 0.29) is 12.6 Å². The van der Waals surface area contributed by atoms with Crippen LogP contribution >= 0.6 is 0 Å². The SMILES string of the molecule is CCOC(=O)COCCNCC1CCCC(C)C1. The van der Waals surface area contributed by atoms with Crippen molar-refractivity contribution < 1.29 is 14.3 Å². The van der Waals surface area contributed by atoms with Gasteiger partial charge in [0.05, 0.1) is 13.2 Å². The number of carbonyl (C=O) groups is 1. The maximum atomic E-state index is 11.0. The minimum Gasteiger partial charge on any atom is -0.464 e. The normalized spacial score (nSPS) is 23.9. The molecule has 0 aromatic heterocycles. The first-order chi connectivity index (χ1) is 8.72. The van der Waals surface area contributed by atoms with Crippen molar-refractivity contribution in [2.75, 3.05) is 32.9 Å². The zero-order valence-electron chi connectivity index (χ0n) is 11.7. The molecule has 1 fully saturated rings. The molecule has 1 rings (SSSR count). The first-order valence-corrected chi connectivity index (χ1v) is 7.16. The van der Waals surface area contributed by atoms with Gasteiger partial charge in [-0.15, -0.1) is 0 Å². The van der Waals surface area contributed by atoms with Gasteiger partial charge >= 0.3 is 5.97 Å². The number of nitrogens with one attached hydrogen (secondary N) is 1. The van der Waals surface area contributed by atoms with Crippen LogP contribution in [0.4, 0.5) is 0 Å². The molecule has 1 aliphatic carbocycles. The number of esters is 1. The Morgan fingerprint density at radius 2 is 2.22 bits per heavy atom. The maximum Gasteiger partial charge on any atom is 0.332 e. The number of rotatable bonds is 8. The van der Waals surface area contributed by atoms with Crippen LogP contribution < -0.4 is 5.32 Å². The monoisotopic (exact) mass is 257 g/mol. The van der Waals surface area contributed by atoms with Crippen LogP contribution in [0.15, 0.2) is 0 Å². The maximum absolute atomic E-state index is 11.0. The van der Waals surface area contributed by atoms with Crippen molar-refractivity contribution in [3.8, 4) is 0 Å². The Kier molecular flexibility index (Phi) is 8.01. The number of ether oxygens (including phenoxy) is 2. The van der Waals surface area contributed by atoms with Gasteiger partial charge in [0.1, 0.15) is 6.61 Å². The van der Waals surface area contributed by atoms with Gasteiger partial charge in [-0.05, 0) is 38.1 Å². The van der Waals surface area contributed by atoms with Gasteiger partial charge in [0.2, 0.25) is 0 Å². The molecule has 1 saturated carbocycles. The molecule has 0 spiro atoms. The van der Waals surface area contributed by atoms with Crippen LogP contribution in [0, 0.1) is 11.8 Å². The van der Waals surface area contributed by atoms with Gasteiger partial charge in [-0.3, -0.25) is 0 Å². The predicted octanol–water partition coefficient (Wildman–Crippen LogP) is 1.98. The van der Waals surface area contributed by atoms with Crippen molar-refractivity contribution in [1.82, 2.24) is 5.32 Å². The van der Waals surface area contributed by atoms with Crippen LogP contribution in [0.1, 0.15) is 39.5 Å². The minimum absolute atomic E-state index is 0.0655. The Labute approximate surface area is 110 Å². The zero-order valence-corrected chi connectivity index (χ0v) is 11.7. The van der Waals surface area contributed by atoms with E-state index in [1.54, 1.807) is 6.92 Å². The molecule has 0 radical (unpaired) electrons. The molecule has 18 heavy (non-hydrogen) atoms. The van der Waals surface area contributed by atoms with Gasteiger partial charge in [0, 0.05) is 6.54 Å². The summed E-state index contributed by atoms with van der Waals surface area (Å²) in [7, 11) is 0.